The number of rotatable bonds is 6. The quantitative estimate of drug-likeness (QED) is 0.734. The zero-order valence-corrected chi connectivity index (χ0v) is 13.2. The van der Waals surface area contributed by atoms with Crippen LogP contribution in [0.2, 0.25) is 0 Å². The molecule has 2 nitrogen and oxygen atoms in total. The van der Waals surface area contributed by atoms with Crippen molar-refractivity contribution in [3.8, 4) is 5.75 Å². The van der Waals surface area contributed by atoms with Crippen LogP contribution in [-0.4, -0.2) is 14.2 Å². The Bertz CT molecular complexity index is 406. The van der Waals surface area contributed by atoms with Gasteiger partial charge in [0.1, 0.15) is 5.75 Å². The van der Waals surface area contributed by atoms with E-state index >= 15 is 0 Å². The average molecular weight is 276 g/mol. The maximum Gasteiger partial charge on any atom is 0.124 e. The lowest BCUT2D eigenvalue weighted by molar-refractivity contribution is 0.181. The van der Waals surface area contributed by atoms with Gasteiger partial charge in [0.05, 0.1) is 13.7 Å². The summed E-state index contributed by atoms with van der Waals surface area (Å²) in [4.78, 5) is 0. The fourth-order valence-electron chi connectivity index (χ4n) is 3.48. The van der Waals surface area contributed by atoms with E-state index in [2.05, 4.69) is 25.1 Å². The Hall–Kier alpha value is -1.02. The highest BCUT2D eigenvalue weighted by molar-refractivity contribution is 5.38. The minimum atomic E-state index is 0.618. The molecular formula is C18H28O2. The van der Waals surface area contributed by atoms with Crippen LogP contribution >= 0.6 is 0 Å². The molecule has 0 N–H and O–H groups in total. The number of hydrogen-bond donors (Lipinski definition) is 0. The first kappa shape index (κ1) is 15.4. The highest BCUT2D eigenvalue weighted by atomic mass is 16.5. The molecule has 1 aliphatic carbocycles. The topological polar surface area (TPSA) is 18.5 Å². The van der Waals surface area contributed by atoms with E-state index in [1.807, 2.05) is 0 Å². The summed E-state index contributed by atoms with van der Waals surface area (Å²) in [6.45, 7) is 2.91. The normalized spacial score (nSPS) is 22.8. The number of ether oxygens (including phenoxy) is 2. The summed E-state index contributed by atoms with van der Waals surface area (Å²) in [7, 11) is 3.47. The number of methoxy groups -OCH3 is 2. The van der Waals surface area contributed by atoms with E-state index in [4.69, 9.17) is 9.47 Å². The van der Waals surface area contributed by atoms with Crippen molar-refractivity contribution in [2.45, 2.75) is 58.0 Å². The van der Waals surface area contributed by atoms with Crippen LogP contribution in [0.25, 0.3) is 0 Å². The molecule has 112 valence electrons. The zero-order valence-electron chi connectivity index (χ0n) is 13.2. The van der Waals surface area contributed by atoms with Crippen LogP contribution in [0.1, 0.15) is 62.5 Å². The third-order valence-electron chi connectivity index (χ3n) is 4.63. The molecule has 0 aliphatic heterocycles. The lowest BCUT2D eigenvalue weighted by Gasteiger charge is -2.29. The van der Waals surface area contributed by atoms with Gasteiger partial charge in [-0.15, -0.1) is 0 Å². The van der Waals surface area contributed by atoms with Crippen LogP contribution in [0.4, 0.5) is 0 Å². The molecule has 0 radical (unpaired) electrons. The molecule has 0 heterocycles. The van der Waals surface area contributed by atoms with Crippen LogP contribution < -0.4 is 4.74 Å². The molecule has 1 fully saturated rings. The van der Waals surface area contributed by atoms with Crippen molar-refractivity contribution in [3.05, 3.63) is 29.3 Å². The van der Waals surface area contributed by atoms with E-state index < -0.39 is 0 Å². The Morgan fingerprint density at radius 2 is 1.85 bits per heavy atom. The van der Waals surface area contributed by atoms with E-state index in [0.717, 1.165) is 17.2 Å². The van der Waals surface area contributed by atoms with Gasteiger partial charge < -0.3 is 9.47 Å². The molecule has 0 saturated heterocycles. The average Bonchev–Trinajstić information content (AvgIpc) is 2.49. The summed E-state index contributed by atoms with van der Waals surface area (Å²) in [6.07, 6.45) is 8.17. The number of hydrogen-bond acceptors (Lipinski definition) is 2. The predicted octanol–water partition coefficient (Wildman–Crippen LogP) is 4.92. The number of benzene rings is 1. The predicted molar refractivity (Wildman–Crippen MR) is 83.3 cm³/mol. The van der Waals surface area contributed by atoms with E-state index in [9.17, 15) is 0 Å². The van der Waals surface area contributed by atoms with Gasteiger partial charge in [-0.2, -0.15) is 0 Å². The molecule has 0 aromatic heterocycles. The van der Waals surface area contributed by atoms with Gasteiger partial charge in [-0.3, -0.25) is 0 Å². The van der Waals surface area contributed by atoms with Gasteiger partial charge in [-0.25, -0.2) is 0 Å². The van der Waals surface area contributed by atoms with Gasteiger partial charge in [-0.05, 0) is 49.1 Å². The summed E-state index contributed by atoms with van der Waals surface area (Å²) in [5.74, 6) is 2.65. The van der Waals surface area contributed by atoms with Gasteiger partial charge in [0, 0.05) is 12.7 Å². The Balaban J connectivity index is 2.03. The molecule has 1 saturated carbocycles. The molecule has 20 heavy (non-hydrogen) atoms. The van der Waals surface area contributed by atoms with Crippen molar-refractivity contribution in [3.63, 3.8) is 0 Å². The molecule has 1 aliphatic rings. The third-order valence-corrected chi connectivity index (χ3v) is 4.63. The second-order valence-electron chi connectivity index (χ2n) is 6.01. The first-order chi connectivity index (χ1) is 9.78. The van der Waals surface area contributed by atoms with Crippen LogP contribution in [0.5, 0.6) is 5.75 Å². The first-order valence-corrected chi connectivity index (χ1v) is 7.94. The highest BCUT2D eigenvalue weighted by Gasteiger charge is 2.22. The van der Waals surface area contributed by atoms with Crippen molar-refractivity contribution in [2.24, 2.45) is 5.92 Å². The Morgan fingerprint density at radius 3 is 2.45 bits per heavy atom. The molecule has 0 atom stereocenters. The van der Waals surface area contributed by atoms with E-state index in [1.165, 1.54) is 44.1 Å². The lowest BCUT2D eigenvalue weighted by Crippen LogP contribution is -2.13. The summed E-state index contributed by atoms with van der Waals surface area (Å²) < 4.78 is 10.7. The standard InChI is InChI=1S/C18H28O2/c1-4-5-14-6-8-15(9-7-14)16-10-11-17(13-19-2)18(12-16)20-3/h10-12,14-15H,4-9,13H2,1-3H3. The van der Waals surface area contributed by atoms with Crippen LogP contribution in [0, 0.1) is 5.92 Å². The molecule has 0 amide bonds. The van der Waals surface area contributed by atoms with Gasteiger partial charge in [0.25, 0.3) is 0 Å². The second-order valence-corrected chi connectivity index (χ2v) is 6.01. The largest absolute Gasteiger partial charge is 0.496 e. The van der Waals surface area contributed by atoms with Crippen molar-refractivity contribution < 1.29 is 9.47 Å². The van der Waals surface area contributed by atoms with Gasteiger partial charge in [0.2, 0.25) is 0 Å². The third kappa shape index (κ3) is 3.76. The fourth-order valence-corrected chi connectivity index (χ4v) is 3.48. The van der Waals surface area contributed by atoms with E-state index in [1.54, 1.807) is 14.2 Å². The summed E-state index contributed by atoms with van der Waals surface area (Å²) >= 11 is 0. The smallest absolute Gasteiger partial charge is 0.124 e. The highest BCUT2D eigenvalue weighted by Crippen LogP contribution is 2.38. The van der Waals surface area contributed by atoms with Crippen molar-refractivity contribution >= 4 is 0 Å². The van der Waals surface area contributed by atoms with E-state index in [0.29, 0.717) is 12.5 Å². The molecule has 1 aromatic rings. The maximum absolute atomic E-state index is 5.51. The van der Waals surface area contributed by atoms with Crippen molar-refractivity contribution in [1.29, 1.82) is 0 Å². The van der Waals surface area contributed by atoms with Gasteiger partial charge >= 0.3 is 0 Å². The molecule has 1 aromatic carbocycles. The van der Waals surface area contributed by atoms with Gasteiger partial charge in [-0.1, -0.05) is 31.9 Å². The molecule has 0 unspecified atom stereocenters. The first-order valence-electron chi connectivity index (χ1n) is 7.94. The molecular weight excluding hydrogens is 248 g/mol. The van der Waals surface area contributed by atoms with Crippen LogP contribution in [0.3, 0.4) is 0 Å². The minimum absolute atomic E-state index is 0.618. The fraction of sp³-hybridized carbons (Fsp3) is 0.667. The van der Waals surface area contributed by atoms with E-state index in [-0.39, 0.29) is 0 Å². The molecule has 0 spiro atoms. The molecule has 0 bridgehead atoms. The maximum atomic E-state index is 5.51. The lowest BCUT2D eigenvalue weighted by atomic mass is 9.77. The second kappa shape index (κ2) is 7.68. The Labute approximate surface area is 123 Å². The monoisotopic (exact) mass is 276 g/mol. The van der Waals surface area contributed by atoms with Crippen LogP contribution in [-0.2, 0) is 11.3 Å². The summed E-state index contributed by atoms with van der Waals surface area (Å²) in [5.41, 5.74) is 2.58. The molecule has 2 heteroatoms. The Morgan fingerprint density at radius 1 is 1.10 bits per heavy atom. The zero-order chi connectivity index (χ0) is 14.4. The molecule has 2 rings (SSSR count). The summed E-state index contributed by atoms with van der Waals surface area (Å²) in [5, 5.41) is 0. The minimum Gasteiger partial charge on any atom is -0.496 e. The van der Waals surface area contributed by atoms with Gasteiger partial charge in [0.15, 0.2) is 0 Å². The van der Waals surface area contributed by atoms with Crippen molar-refractivity contribution in [2.75, 3.05) is 14.2 Å². The Kier molecular flexibility index (Phi) is 5.90. The SMILES string of the molecule is CCCC1CCC(c2ccc(COC)c(OC)c2)CC1. The van der Waals surface area contributed by atoms with Crippen LogP contribution in [0.15, 0.2) is 18.2 Å². The van der Waals surface area contributed by atoms with Crippen molar-refractivity contribution in [1.82, 2.24) is 0 Å². The summed E-state index contributed by atoms with van der Waals surface area (Å²) in [6, 6.07) is 6.65.